The van der Waals surface area contributed by atoms with Gasteiger partial charge in [0.15, 0.2) is 0 Å². The molecule has 0 aliphatic heterocycles. The largest absolute Gasteiger partial charge is 0.478 e. The molecular formula is C11H11NO3. The van der Waals surface area contributed by atoms with Crippen molar-refractivity contribution in [1.29, 1.82) is 0 Å². The number of carbonyl (C=O) groups excluding carboxylic acids is 1. The minimum Gasteiger partial charge on any atom is -0.478 e. The molecule has 0 aromatic heterocycles. The fourth-order valence-electron chi connectivity index (χ4n) is 1.11. The van der Waals surface area contributed by atoms with Crippen LogP contribution < -0.4 is 5.32 Å². The highest BCUT2D eigenvalue weighted by Crippen LogP contribution is 2.16. The van der Waals surface area contributed by atoms with Crippen LogP contribution in [0.1, 0.15) is 12.5 Å². The third-order valence-corrected chi connectivity index (χ3v) is 1.68. The number of rotatable bonds is 3. The topological polar surface area (TPSA) is 66.4 Å². The Morgan fingerprint density at radius 3 is 2.60 bits per heavy atom. The Morgan fingerprint density at radius 1 is 1.33 bits per heavy atom. The molecule has 4 heteroatoms. The number of amides is 1. The summed E-state index contributed by atoms with van der Waals surface area (Å²) in [4.78, 5) is 21.2. The zero-order valence-electron chi connectivity index (χ0n) is 8.23. The van der Waals surface area contributed by atoms with E-state index in [1.54, 1.807) is 24.3 Å². The molecule has 0 saturated heterocycles. The Morgan fingerprint density at radius 2 is 2.00 bits per heavy atom. The standard InChI is InChI=1S/C11H11NO3/c1-8(13)12-10-5-3-2-4-9(10)6-7-11(14)15/h2-7H,1H3,(H,12,13)(H,14,15)/b7-6+. The number of hydrogen-bond acceptors (Lipinski definition) is 2. The third kappa shape index (κ3) is 3.64. The van der Waals surface area contributed by atoms with E-state index in [1.807, 2.05) is 0 Å². The summed E-state index contributed by atoms with van der Waals surface area (Å²) in [6.45, 7) is 1.40. The van der Waals surface area contributed by atoms with Crippen LogP contribution in [0.25, 0.3) is 6.08 Å². The van der Waals surface area contributed by atoms with Crippen LogP contribution >= 0.6 is 0 Å². The van der Waals surface area contributed by atoms with Gasteiger partial charge in [0.05, 0.1) is 0 Å². The van der Waals surface area contributed by atoms with Crippen LogP contribution in [0.5, 0.6) is 0 Å². The average Bonchev–Trinajstić information content (AvgIpc) is 2.15. The lowest BCUT2D eigenvalue weighted by atomic mass is 10.1. The SMILES string of the molecule is CC(=O)Nc1ccccc1/C=C/C(=O)O. The van der Waals surface area contributed by atoms with Crippen molar-refractivity contribution in [3.05, 3.63) is 35.9 Å². The fourth-order valence-corrected chi connectivity index (χ4v) is 1.11. The molecule has 0 unspecified atom stereocenters. The van der Waals surface area contributed by atoms with Crippen LogP contribution in [0.4, 0.5) is 5.69 Å². The third-order valence-electron chi connectivity index (χ3n) is 1.68. The average molecular weight is 205 g/mol. The lowest BCUT2D eigenvalue weighted by Gasteiger charge is -2.05. The van der Waals surface area contributed by atoms with Crippen molar-refractivity contribution in [2.45, 2.75) is 6.92 Å². The first kappa shape index (κ1) is 11.0. The first-order chi connectivity index (χ1) is 7.09. The number of carbonyl (C=O) groups is 2. The number of aliphatic carboxylic acids is 1. The fraction of sp³-hybridized carbons (Fsp3) is 0.0909. The molecule has 4 nitrogen and oxygen atoms in total. The number of para-hydroxylation sites is 1. The number of nitrogens with one attached hydrogen (secondary N) is 1. The Balaban J connectivity index is 2.95. The van der Waals surface area contributed by atoms with E-state index >= 15 is 0 Å². The summed E-state index contributed by atoms with van der Waals surface area (Å²) in [5, 5.41) is 11.1. The molecule has 0 atom stereocenters. The van der Waals surface area contributed by atoms with Crippen molar-refractivity contribution in [2.75, 3.05) is 5.32 Å². The second kappa shape index (κ2) is 4.95. The molecule has 0 bridgehead atoms. The quantitative estimate of drug-likeness (QED) is 0.738. The molecule has 0 heterocycles. The molecule has 2 N–H and O–H groups in total. The number of carboxylic acids is 1. The summed E-state index contributed by atoms with van der Waals surface area (Å²) in [6, 6.07) is 6.98. The van der Waals surface area contributed by atoms with Gasteiger partial charge in [0, 0.05) is 18.7 Å². The first-order valence-electron chi connectivity index (χ1n) is 4.37. The van der Waals surface area contributed by atoms with Gasteiger partial charge in [0.2, 0.25) is 5.91 Å². The maximum atomic E-state index is 10.9. The van der Waals surface area contributed by atoms with Crippen LogP contribution in [-0.2, 0) is 9.59 Å². The molecule has 1 aromatic carbocycles. The second-order valence-corrected chi connectivity index (χ2v) is 2.94. The normalized spacial score (nSPS) is 10.2. The van der Waals surface area contributed by atoms with E-state index < -0.39 is 5.97 Å². The Hall–Kier alpha value is -2.10. The van der Waals surface area contributed by atoms with Crippen molar-refractivity contribution in [3.63, 3.8) is 0 Å². The number of carboxylic acid groups (broad SMARTS) is 1. The van der Waals surface area contributed by atoms with Crippen molar-refractivity contribution in [3.8, 4) is 0 Å². The van der Waals surface area contributed by atoms with Crippen LogP contribution in [0.3, 0.4) is 0 Å². The second-order valence-electron chi connectivity index (χ2n) is 2.94. The van der Waals surface area contributed by atoms with Gasteiger partial charge in [-0.3, -0.25) is 4.79 Å². The van der Waals surface area contributed by atoms with Gasteiger partial charge in [0.25, 0.3) is 0 Å². The molecule has 0 saturated carbocycles. The Labute approximate surface area is 87.2 Å². The molecule has 0 aliphatic carbocycles. The summed E-state index contributed by atoms with van der Waals surface area (Å²) in [5.74, 6) is -1.21. The van der Waals surface area contributed by atoms with E-state index in [1.165, 1.54) is 13.0 Å². The number of anilines is 1. The zero-order chi connectivity index (χ0) is 11.3. The van der Waals surface area contributed by atoms with E-state index in [0.29, 0.717) is 11.3 Å². The maximum absolute atomic E-state index is 10.9. The van der Waals surface area contributed by atoms with Crippen molar-refractivity contribution in [2.24, 2.45) is 0 Å². The summed E-state index contributed by atoms with van der Waals surface area (Å²) in [5.41, 5.74) is 1.26. The summed E-state index contributed by atoms with van der Waals surface area (Å²) >= 11 is 0. The highest BCUT2D eigenvalue weighted by Gasteiger charge is 2.00. The van der Waals surface area contributed by atoms with Gasteiger partial charge < -0.3 is 10.4 Å². The summed E-state index contributed by atoms with van der Waals surface area (Å²) in [6.07, 6.45) is 2.47. The van der Waals surface area contributed by atoms with Gasteiger partial charge in [-0.15, -0.1) is 0 Å². The molecule has 78 valence electrons. The van der Waals surface area contributed by atoms with Gasteiger partial charge in [-0.1, -0.05) is 18.2 Å². The monoisotopic (exact) mass is 205 g/mol. The molecule has 0 spiro atoms. The predicted octanol–water partition coefficient (Wildman–Crippen LogP) is 1.74. The van der Waals surface area contributed by atoms with Crippen LogP contribution in [0.2, 0.25) is 0 Å². The highest BCUT2D eigenvalue weighted by molar-refractivity contribution is 5.93. The van der Waals surface area contributed by atoms with Crippen molar-refractivity contribution in [1.82, 2.24) is 0 Å². The molecular weight excluding hydrogens is 194 g/mol. The lowest BCUT2D eigenvalue weighted by molar-refractivity contribution is -0.131. The Bertz CT molecular complexity index is 410. The van der Waals surface area contributed by atoms with E-state index in [2.05, 4.69) is 5.32 Å². The predicted molar refractivity (Wildman–Crippen MR) is 57.4 cm³/mol. The minimum atomic E-state index is -1.02. The Kier molecular flexibility index (Phi) is 3.62. The van der Waals surface area contributed by atoms with Gasteiger partial charge in [-0.2, -0.15) is 0 Å². The summed E-state index contributed by atoms with van der Waals surface area (Å²) in [7, 11) is 0. The minimum absolute atomic E-state index is 0.189. The van der Waals surface area contributed by atoms with Crippen molar-refractivity contribution < 1.29 is 14.7 Å². The number of hydrogen-bond donors (Lipinski definition) is 2. The molecule has 15 heavy (non-hydrogen) atoms. The first-order valence-corrected chi connectivity index (χ1v) is 4.37. The lowest BCUT2D eigenvalue weighted by Crippen LogP contribution is -2.06. The van der Waals surface area contributed by atoms with Gasteiger partial charge in [-0.25, -0.2) is 4.79 Å². The molecule has 1 amide bonds. The smallest absolute Gasteiger partial charge is 0.328 e. The molecule has 0 aliphatic rings. The molecule has 1 rings (SSSR count). The summed E-state index contributed by atoms with van der Waals surface area (Å²) < 4.78 is 0. The molecule has 0 radical (unpaired) electrons. The van der Waals surface area contributed by atoms with E-state index in [0.717, 1.165) is 6.08 Å². The van der Waals surface area contributed by atoms with Gasteiger partial charge in [0.1, 0.15) is 0 Å². The van der Waals surface area contributed by atoms with E-state index in [-0.39, 0.29) is 5.91 Å². The van der Waals surface area contributed by atoms with E-state index in [9.17, 15) is 9.59 Å². The zero-order valence-corrected chi connectivity index (χ0v) is 8.23. The maximum Gasteiger partial charge on any atom is 0.328 e. The molecule has 1 aromatic rings. The van der Waals surface area contributed by atoms with E-state index in [4.69, 9.17) is 5.11 Å². The van der Waals surface area contributed by atoms with Gasteiger partial charge in [-0.05, 0) is 17.7 Å². The number of benzene rings is 1. The van der Waals surface area contributed by atoms with Crippen LogP contribution in [0, 0.1) is 0 Å². The van der Waals surface area contributed by atoms with Crippen molar-refractivity contribution >= 4 is 23.6 Å². The molecule has 0 fully saturated rings. The highest BCUT2D eigenvalue weighted by atomic mass is 16.4. The van der Waals surface area contributed by atoms with Gasteiger partial charge >= 0.3 is 5.97 Å². The van der Waals surface area contributed by atoms with Crippen LogP contribution in [0.15, 0.2) is 30.3 Å². The van der Waals surface area contributed by atoms with Crippen LogP contribution in [-0.4, -0.2) is 17.0 Å².